The minimum absolute atomic E-state index is 0.0538. The van der Waals surface area contributed by atoms with Gasteiger partial charge in [-0.05, 0) is 286 Å². The second kappa shape index (κ2) is 31.1. The zero-order valence-electron chi connectivity index (χ0n) is 68.6. The van der Waals surface area contributed by atoms with Crippen LogP contribution in [-0.4, -0.2) is 47.1 Å². The maximum atomic E-state index is 9.96. The molecule has 0 aliphatic heterocycles. The van der Waals surface area contributed by atoms with Crippen molar-refractivity contribution in [3.05, 3.63) is 378 Å². The lowest BCUT2D eigenvalue weighted by molar-refractivity contribution is -0.0399. The molecule has 10 aliphatic carbocycles. The smallest absolute Gasteiger partial charge is 0.423 e. The molecule has 10 aliphatic rings. The average Bonchev–Trinajstić information content (AvgIpc) is 1.51. The van der Waals surface area contributed by atoms with Crippen LogP contribution in [0, 0.1) is 61.2 Å². The third kappa shape index (κ3) is 13.6. The van der Waals surface area contributed by atoms with E-state index in [1.54, 1.807) is 11.1 Å². The Kier molecular flexibility index (Phi) is 19.3. The van der Waals surface area contributed by atoms with Crippen molar-refractivity contribution >= 4 is 24.2 Å². The summed E-state index contributed by atoms with van der Waals surface area (Å²) in [6.07, 6.45) is 13.6. The van der Waals surface area contributed by atoms with Gasteiger partial charge >= 0.3 is 7.12 Å². The molecule has 16 aromatic rings. The Morgan fingerprint density at radius 3 is 0.893 bits per heavy atom. The van der Waals surface area contributed by atoms with Gasteiger partial charge in [0, 0.05) is 49.2 Å². The fourth-order valence-corrected chi connectivity index (χ4v) is 24.1. The van der Waals surface area contributed by atoms with Gasteiger partial charge in [0.25, 0.3) is 0 Å². The van der Waals surface area contributed by atoms with Crippen LogP contribution >= 0.6 is 11.6 Å². The van der Waals surface area contributed by atoms with E-state index in [9.17, 15) is 10.0 Å². The summed E-state index contributed by atoms with van der Waals surface area (Å²) in [5.41, 5.74) is 32.4. The summed E-state index contributed by atoms with van der Waals surface area (Å²) >= 11 is 6.53. The first-order chi connectivity index (χ1) is 59.9. The summed E-state index contributed by atoms with van der Waals surface area (Å²) in [6.45, 7) is 4.25. The molecule has 8 bridgehead atoms. The highest BCUT2D eigenvalue weighted by atomic mass is 35.5. The molecular weight excluding hydrogens is 1510 g/mol. The fourth-order valence-electron chi connectivity index (χ4n) is 23.9. The summed E-state index contributed by atoms with van der Waals surface area (Å²) in [4.78, 5) is 29.8. The number of hydrogen-bond donors (Lipinski definition) is 2. The molecule has 122 heavy (non-hydrogen) atoms. The highest BCUT2D eigenvalue weighted by Crippen LogP contribution is 2.72. The highest BCUT2D eigenvalue weighted by Gasteiger charge is 2.63. The van der Waals surface area contributed by atoms with Crippen molar-refractivity contribution in [2.45, 2.75) is 88.9 Å². The Balaban J connectivity index is 0.000000119. The zero-order chi connectivity index (χ0) is 81.7. The molecule has 26 rings (SSSR count). The van der Waals surface area contributed by atoms with E-state index in [2.05, 4.69) is 238 Å². The molecule has 2 heterocycles. The molecule has 0 saturated heterocycles. The summed E-state index contributed by atoms with van der Waals surface area (Å²) < 4.78 is 0. The van der Waals surface area contributed by atoms with Crippen LogP contribution in [0.25, 0.3) is 146 Å². The van der Waals surface area contributed by atoms with E-state index >= 15 is 0 Å². The second-order valence-electron chi connectivity index (χ2n) is 35.9. The van der Waals surface area contributed by atoms with Gasteiger partial charge in [-0.2, -0.15) is 0 Å². The van der Waals surface area contributed by atoms with Gasteiger partial charge in [-0.15, -0.1) is 0 Å². The first kappa shape index (κ1) is 75.6. The largest absolute Gasteiger partial charge is 0.488 e. The molecule has 2 aromatic heterocycles. The topological polar surface area (TPSA) is 118 Å². The van der Waals surface area contributed by atoms with Gasteiger partial charge < -0.3 is 10.0 Å². The van der Waals surface area contributed by atoms with Gasteiger partial charge in [0.05, 0.1) is 0 Å². The van der Waals surface area contributed by atoms with Crippen LogP contribution in [0.5, 0.6) is 0 Å². The number of halogens is 1. The lowest BCUT2D eigenvalue weighted by Crippen LogP contribution is -2.55. The maximum Gasteiger partial charge on any atom is 0.488 e. The maximum absolute atomic E-state index is 9.96. The van der Waals surface area contributed by atoms with Gasteiger partial charge in [-0.1, -0.05) is 308 Å². The average molecular weight is 1600 g/mol. The van der Waals surface area contributed by atoms with Crippen molar-refractivity contribution in [3.63, 3.8) is 0 Å². The number of hydrogen-bond acceptors (Lipinski definition) is 8. The molecule has 0 unspecified atom stereocenters. The van der Waals surface area contributed by atoms with Crippen LogP contribution < -0.4 is 5.46 Å². The number of fused-ring (bicyclic) bond motifs is 6. The van der Waals surface area contributed by atoms with Crippen LogP contribution in [0.2, 0.25) is 5.02 Å². The Morgan fingerprint density at radius 1 is 0.238 bits per heavy atom. The predicted molar refractivity (Wildman–Crippen MR) is 497 cm³/mol. The number of aromatic nitrogens is 6. The first-order valence-corrected chi connectivity index (χ1v) is 44.1. The van der Waals surface area contributed by atoms with Gasteiger partial charge in [0.1, 0.15) is 0 Å². The molecule has 10 heteroatoms. The summed E-state index contributed by atoms with van der Waals surface area (Å²) in [6, 6.07) is 120. The first-order valence-electron chi connectivity index (χ1n) is 43.8. The molecule has 2 N–H and O–H groups in total. The molecule has 8 saturated carbocycles. The van der Waals surface area contributed by atoms with Gasteiger partial charge in [0.2, 0.25) is 0 Å². The Bertz CT molecular complexity index is 6510. The van der Waals surface area contributed by atoms with E-state index in [0.29, 0.717) is 69.1 Å². The molecular formula is C112H92BClN6O2. The lowest BCUT2D eigenvalue weighted by Gasteiger charge is -2.61. The quantitative estimate of drug-likeness (QED) is 0.116. The van der Waals surface area contributed by atoms with Crippen LogP contribution in [0.3, 0.4) is 0 Å². The van der Waals surface area contributed by atoms with E-state index in [1.165, 1.54) is 148 Å². The third-order valence-electron chi connectivity index (χ3n) is 28.6. The molecule has 592 valence electrons. The third-order valence-corrected chi connectivity index (χ3v) is 28.8. The number of nitrogens with zero attached hydrogens (tertiary/aromatic N) is 6. The normalized spacial score (nSPS) is 21.5. The number of benzene rings is 14. The summed E-state index contributed by atoms with van der Waals surface area (Å²) in [7, 11) is -1.41. The molecule has 0 atom stereocenters. The molecule has 14 aromatic carbocycles. The fraction of sp³-hybridized carbons (Fsp3) is 0.196. The summed E-state index contributed by atoms with van der Waals surface area (Å²) in [5, 5.41) is 20.6. The standard InChI is InChI=1S/C56H45N3.C28H27BO2.C28H20ClN3/c1-35-12-11-19-41(24-35)44-30-45(32-46(31-44)55-58-53(39-15-7-3-8-16-39)57-54(59-55)40-17-9-4-10-18-40)43-20-22-49-50-33-42(38-13-5-2-6-14-38)21-23-51(50)56(52(49)34-43)47-26-36-25-37(28-47)29-48(56)27-36;30-29(31)23-7-8-24-25-15-20(19-4-2-1-3-5-19)6-9-26(25)28(27(24)16-23)21-11-17-10-18(13-21)14-22(28)12-17;1-19-9-8-14-22(15-19)23-16-24(18-25(29)17-23)28-31-26(20-10-4-2-5-11-20)30-27(32-28)21-12-6-3-7-13-21/h2-24,30-34,36-37,47-48H,25-29H2,1H3;1-9,15-18,21-22,30-31H,10-14H2;2-18H,1H3. The second-order valence-corrected chi connectivity index (χ2v) is 36.3. The van der Waals surface area contributed by atoms with Crippen molar-refractivity contribution in [2.75, 3.05) is 0 Å². The van der Waals surface area contributed by atoms with Gasteiger partial charge in [0.15, 0.2) is 34.9 Å². The van der Waals surface area contributed by atoms with E-state index < -0.39 is 7.12 Å². The van der Waals surface area contributed by atoms with E-state index in [1.807, 2.05) is 115 Å². The van der Waals surface area contributed by atoms with Gasteiger partial charge in [-0.25, -0.2) is 29.9 Å². The zero-order valence-corrected chi connectivity index (χ0v) is 69.3. The number of aryl methyl sites for hydroxylation is 2. The van der Waals surface area contributed by atoms with Crippen molar-refractivity contribution in [1.82, 2.24) is 29.9 Å². The summed E-state index contributed by atoms with van der Waals surface area (Å²) in [5.74, 6) is 10.2. The lowest BCUT2D eigenvalue weighted by atomic mass is 9.43. The van der Waals surface area contributed by atoms with Crippen LogP contribution in [-0.2, 0) is 10.8 Å². The molecule has 0 radical (unpaired) electrons. The van der Waals surface area contributed by atoms with E-state index in [4.69, 9.17) is 41.5 Å². The molecule has 0 amide bonds. The highest BCUT2D eigenvalue weighted by molar-refractivity contribution is 6.58. The Hall–Kier alpha value is -12.6. The van der Waals surface area contributed by atoms with Crippen LogP contribution in [0.1, 0.15) is 97.6 Å². The predicted octanol–water partition coefficient (Wildman–Crippen LogP) is 26.2. The minimum atomic E-state index is -1.41. The van der Waals surface area contributed by atoms with Gasteiger partial charge in [-0.3, -0.25) is 0 Å². The Morgan fingerprint density at radius 2 is 0.525 bits per heavy atom. The van der Waals surface area contributed by atoms with Crippen molar-refractivity contribution in [3.8, 4) is 146 Å². The van der Waals surface area contributed by atoms with Crippen molar-refractivity contribution in [2.24, 2.45) is 47.3 Å². The SMILES string of the molecule is Cc1cccc(-c2cc(-c3ccc4c(c3)C3(c5ccc(-c6ccccc6)cc5-4)C4CC5CC(C4)CC3C5)cc(-c3nc(-c4ccccc4)nc(-c4ccccc4)n3)c2)c1.Cc1cccc(-c2cc(Cl)cc(-c3nc(-c4ccccc4)nc(-c4ccccc4)n3)c2)c1.OB(O)c1ccc2c(c1)C1(c3ccc(-c4ccccc4)cc3-2)C2CC3CC(C2)CC1C3. The minimum Gasteiger partial charge on any atom is -0.423 e. The van der Waals surface area contributed by atoms with Crippen molar-refractivity contribution < 1.29 is 10.0 Å². The molecule has 2 spiro atoms. The van der Waals surface area contributed by atoms with E-state index in [0.717, 1.165) is 73.7 Å². The Labute approximate surface area is 719 Å². The molecule has 8 nitrogen and oxygen atoms in total. The monoisotopic (exact) mass is 1600 g/mol. The van der Waals surface area contributed by atoms with Crippen molar-refractivity contribution in [1.29, 1.82) is 0 Å². The van der Waals surface area contributed by atoms with Crippen LogP contribution in [0.15, 0.2) is 340 Å². The molecule has 8 fully saturated rings. The number of rotatable bonds is 12. The van der Waals surface area contributed by atoms with Crippen LogP contribution in [0.4, 0.5) is 0 Å². The van der Waals surface area contributed by atoms with E-state index in [-0.39, 0.29) is 10.8 Å².